The van der Waals surface area contributed by atoms with Crippen LogP contribution in [0.5, 0.6) is 17.2 Å². The van der Waals surface area contributed by atoms with Crippen molar-refractivity contribution in [2.24, 2.45) is 0 Å². The molecule has 1 atom stereocenters. The Kier molecular flexibility index (Phi) is 4.49. The van der Waals surface area contributed by atoms with Gasteiger partial charge in [-0.05, 0) is 48.5 Å². The third-order valence-corrected chi connectivity index (χ3v) is 4.90. The van der Waals surface area contributed by atoms with Gasteiger partial charge in [0.15, 0.2) is 11.5 Å². The normalized spacial score (nSPS) is 15.7. The maximum absolute atomic E-state index is 13.3. The first-order chi connectivity index (χ1) is 13.5. The Morgan fingerprint density at radius 3 is 2.50 bits per heavy atom. The van der Waals surface area contributed by atoms with E-state index in [1.165, 1.54) is 13.2 Å². The number of carbonyl (C=O) groups is 1. The third-order valence-electron chi connectivity index (χ3n) is 4.64. The van der Waals surface area contributed by atoms with Crippen molar-refractivity contribution in [3.05, 3.63) is 76.8 Å². The van der Waals surface area contributed by atoms with Crippen LogP contribution in [0.1, 0.15) is 22.1 Å². The maximum Gasteiger partial charge on any atom is 0.262 e. The molecule has 3 aromatic rings. The van der Waals surface area contributed by atoms with Gasteiger partial charge in [0.2, 0.25) is 5.75 Å². The number of aromatic hydroxyl groups is 2. The molecule has 0 radical (unpaired) electrons. The van der Waals surface area contributed by atoms with Crippen molar-refractivity contribution in [3.8, 4) is 17.2 Å². The quantitative estimate of drug-likeness (QED) is 0.566. The first-order valence-electron chi connectivity index (χ1n) is 8.54. The molecule has 28 heavy (non-hydrogen) atoms. The highest BCUT2D eigenvalue weighted by atomic mass is 35.5. The number of nitrogens with zero attached hydrogens (tertiary/aromatic N) is 1. The number of amides is 1. The second-order valence-corrected chi connectivity index (χ2v) is 6.77. The van der Waals surface area contributed by atoms with Crippen LogP contribution >= 0.6 is 11.6 Å². The average Bonchev–Trinajstić information content (AvgIpc) is 2.71. The number of fused-ring (bicyclic) bond motifs is 1. The van der Waals surface area contributed by atoms with Crippen LogP contribution in [0.15, 0.2) is 60.7 Å². The molecule has 0 bridgehead atoms. The zero-order chi connectivity index (χ0) is 19.8. The number of ether oxygens (including phenoxy) is 1. The van der Waals surface area contributed by atoms with E-state index in [2.05, 4.69) is 5.32 Å². The number of methoxy groups -OCH3 is 1. The first kappa shape index (κ1) is 18.0. The molecule has 1 heterocycles. The molecule has 142 valence electrons. The number of carbonyl (C=O) groups excluding carboxylic acids is 1. The van der Waals surface area contributed by atoms with Gasteiger partial charge in [-0.25, -0.2) is 0 Å². The highest BCUT2D eigenvalue weighted by molar-refractivity contribution is 6.30. The number of benzene rings is 3. The first-order valence-corrected chi connectivity index (χ1v) is 8.92. The van der Waals surface area contributed by atoms with Gasteiger partial charge in [0.25, 0.3) is 5.91 Å². The molecule has 0 fully saturated rings. The fourth-order valence-electron chi connectivity index (χ4n) is 3.28. The summed E-state index contributed by atoms with van der Waals surface area (Å²) in [4.78, 5) is 14.9. The van der Waals surface area contributed by atoms with Gasteiger partial charge >= 0.3 is 0 Å². The van der Waals surface area contributed by atoms with E-state index in [1.54, 1.807) is 47.4 Å². The molecule has 7 heteroatoms. The van der Waals surface area contributed by atoms with Crippen molar-refractivity contribution in [2.75, 3.05) is 17.3 Å². The van der Waals surface area contributed by atoms with E-state index in [9.17, 15) is 15.0 Å². The molecule has 0 unspecified atom stereocenters. The predicted molar refractivity (Wildman–Crippen MR) is 107 cm³/mol. The minimum atomic E-state index is -0.635. The summed E-state index contributed by atoms with van der Waals surface area (Å²) in [5.41, 5.74) is 2.38. The Bertz CT molecular complexity index is 1050. The van der Waals surface area contributed by atoms with E-state index in [0.717, 1.165) is 0 Å². The number of nitrogens with one attached hydrogen (secondary N) is 1. The van der Waals surface area contributed by atoms with Gasteiger partial charge in [-0.3, -0.25) is 9.69 Å². The van der Waals surface area contributed by atoms with Crippen molar-refractivity contribution in [2.45, 2.75) is 6.17 Å². The summed E-state index contributed by atoms with van der Waals surface area (Å²) in [7, 11) is 1.39. The molecule has 6 nitrogen and oxygen atoms in total. The number of anilines is 2. The van der Waals surface area contributed by atoms with Crippen LogP contribution in [0.25, 0.3) is 0 Å². The molecule has 0 saturated heterocycles. The predicted octanol–water partition coefficient (Wildman–Crippen LogP) is 4.53. The van der Waals surface area contributed by atoms with Crippen molar-refractivity contribution >= 4 is 28.9 Å². The molecule has 1 aliphatic rings. The molecule has 0 saturated carbocycles. The fraction of sp³-hybridized carbons (Fsp3) is 0.0952. The van der Waals surface area contributed by atoms with Crippen LogP contribution in [-0.4, -0.2) is 23.2 Å². The lowest BCUT2D eigenvalue weighted by atomic mass is 10.0. The molecular formula is C21H17ClN2O4. The van der Waals surface area contributed by atoms with E-state index >= 15 is 0 Å². The van der Waals surface area contributed by atoms with E-state index in [1.807, 2.05) is 12.1 Å². The Labute approximate surface area is 166 Å². The van der Waals surface area contributed by atoms with E-state index < -0.39 is 6.17 Å². The van der Waals surface area contributed by atoms with Gasteiger partial charge in [-0.15, -0.1) is 0 Å². The zero-order valence-electron chi connectivity index (χ0n) is 14.9. The largest absolute Gasteiger partial charge is 0.504 e. The number of hydrogen-bond donors (Lipinski definition) is 3. The zero-order valence-corrected chi connectivity index (χ0v) is 15.6. The minimum absolute atomic E-state index is 0.110. The Balaban J connectivity index is 1.89. The standard InChI is InChI=1S/C21H17ClN2O4/c1-28-18-11-12(10-17(25)19(18)26)20-23-16-5-3-2-4-15(16)21(27)24(20)14-8-6-13(22)7-9-14/h2-11,20,23,25-26H,1H3/t20-/m1/s1. The van der Waals surface area contributed by atoms with Crippen molar-refractivity contribution in [1.29, 1.82) is 0 Å². The maximum atomic E-state index is 13.3. The molecule has 1 amide bonds. The number of rotatable bonds is 3. The number of hydrogen-bond acceptors (Lipinski definition) is 5. The van der Waals surface area contributed by atoms with Gasteiger partial charge in [0.1, 0.15) is 6.17 Å². The summed E-state index contributed by atoms with van der Waals surface area (Å²) in [6, 6.07) is 17.1. The number of halogens is 1. The molecule has 0 aromatic heterocycles. The SMILES string of the molecule is COc1cc([C@@H]2Nc3ccccc3C(=O)N2c2ccc(Cl)cc2)cc(O)c1O. The van der Waals surface area contributed by atoms with E-state index in [-0.39, 0.29) is 23.2 Å². The van der Waals surface area contributed by atoms with Crippen LogP contribution in [0.3, 0.4) is 0 Å². The smallest absolute Gasteiger partial charge is 0.262 e. The third kappa shape index (κ3) is 2.97. The number of phenols is 2. The molecule has 0 aliphatic carbocycles. The topological polar surface area (TPSA) is 82.0 Å². The van der Waals surface area contributed by atoms with Gasteiger partial charge in [-0.2, -0.15) is 0 Å². The molecule has 0 spiro atoms. The number of phenolic OH excluding ortho intramolecular Hbond substituents is 2. The average molecular weight is 397 g/mol. The Hall–Kier alpha value is -3.38. The second-order valence-electron chi connectivity index (χ2n) is 6.33. The molecular weight excluding hydrogens is 380 g/mol. The summed E-state index contributed by atoms with van der Waals surface area (Å²) < 4.78 is 5.15. The highest BCUT2D eigenvalue weighted by Gasteiger charge is 2.34. The summed E-state index contributed by atoms with van der Waals surface area (Å²) in [6.07, 6.45) is -0.635. The van der Waals surface area contributed by atoms with Crippen molar-refractivity contribution in [3.63, 3.8) is 0 Å². The van der Waals surface area contributed by atoms with Gasteiger partial charge in [0, 0.05) is 22.0 Å². The lowest BCUT2D eigenvalue weighted by Gasteiger charge is -2.38. The van der Waals surface area contributed by atoms with E-state index in [0.29, 0.717) is 27.5 Å². The van der Waals surface area contributed by atoms with Crippen LogP contribution in [0.4, 0.5) is 11.4 Å². The van der Waals surface area contributed by atoms with Crippen LogP contribution < -0.4 is 15.0 Å². The minimum Gasteiger partial charge on any atom is -0.504 e. The summed E-state index contributed by atoms with van der Waals surface area (Å²) in [5.74, 6) is -0.780. The highest BCUT2D eigenvalue weighted by Crippen LogP contribution is 2.42. The molecule has 3 N–H and O–H groups in total. The van der Waals surface area contributed by atoms with Gasteiger partial charge < -0.3 is 20.3 Å². The summed E-state index contributed by atoms with van der Waals surface area (Å²) in [5, 5.41) is 24.0. The van der Waals surface area contributed by atoms with Crippen LogP contribution in [0.2, 0.25) is 5.02 Å². The van der Waals surface area contributed by atoms with Crippen molar-refractivity contribution in [1.82, 2.24) is 0 Å². The van der Waals surface area contributed by atoms with Gasteiger partial charge in [0.05, 0.1) is 12.7 Å². The summed E-state index contributed by atoms with van der Waals surface area (Å²) in [6.45, 7) is 0. The lowest BCUT2D eigenvalue weighted by molar-refractivity contribution is 0.0975. The summed E-state index contributed by atoms with van der Waals surface area (Å²) >= 11 is 6.00. The number of para-hydroxylation sites is 1. The van der Waals surface area contributed by atoms with Crippen LogP contribution in [0, 0.1) is 0 Å². The van der Waals surface area contributed by atoms with Gasteiger partial charge in [-0.1, -0.05) is 23.7 Å². The molecule has 3 aromatic carbocycles. The lowest BCUT2D eigenvalue weighted by Crippen LogP contribution is -2.43. The monoisotopic (exact) mass is 396 g/mol. The van der Waals surface area contributed by atoms with E-state index in [4.69, 9.17) is 16.3 Å². The van der Waals surface area contributed by atoms with Crippen molar-refractivity contribution < 1.29 is 19.7 Å². The molecule has 4 rings (SSSR count). The van der Waals surface area contributed by atoms with Crippen LogP contribution in [-0.2, 0) is 0 Å². The Morgan fingerprint density at radius 2 is 1.79 bits per heavy atom. The fourth-order valence-corrected chi connectivity index (χ4v) is 3.41. The Morgan fingerprint density at radius 1 is 1.07 bits per heavy atom. The molecule has 1 aliphatic heterocycles. The second kappa shape index (κ2) is 6.98.